The molecule has 0 aliphatic carbocycles. The summed E-state index contributed by atoms with van der Waals surface area (Å²) in [6, 6.07) is 13.4. The van der Waals surface area contributed by atoms with Gasteiger partial charge in [-0.3, -0.25) is 20.2 Å². The van der Waals surface area contributed by atoms with Crippen LogP contribution in [-0.4, -0.2) is 21.0 Å². The van der Waals surface area contributed by atoms with Gasteiger partial charge < -0.3 is 5.32 Å². The predicted octanol–water partition coefficient (Wildman–Crippen LogP) is 4.57. The third-order valence-corrected chi connectivity index (χ3v) is 4.80. The Morgan fingerprint density at radius 3 is 2.52 bits per heavy atom. The lowest BCUT2D eigenvalue weighted by Gasteiger charge is -2.08. The van der Waals surface area contributed by atoms with E-state index in [1.807, 2.05) is 32.0 Å². The Morgan fingerprint density at radius 2 is 1.89 bits per heavy atom. The van der Waals surface area contributed by atoms with Crippen LogP contribution in [0.2, 0.25) is 0 Å². The van der Waals surface area contributed by atoms with E-state index in [0.717, 1.165) is 5.01 Å². The maximum absolute atomic E-state index is 12.4. The number of nitrogens with one attached hydrogen (secondary N) is 2. The molecular formula is C18H17N5O3S. The van der Waals surface area contributed by atoms with Gasteiger partial charge >= 0.3 is 0 Å². The van der Waals surface area contributed by atoms with Gasteiger partial charge in [-0.25, -0.2) is 0 Å². The molecule has 2 aromatic carbocycles. The lowest BCUT2D eigenvalue weighted by molar-refractivity contribution is -0.383. The summed E-state index contributed by atoms with van der Waals surface area (Å²) in [4.78, 5) is 23.3. The quantitative estimate of drug-likeness (QED) is 0.477. The summed E-state index contributed by atoms with van der Waals surface area (Å²) in [5.41, 5.74) is 1.00. The van der Waals surface area contributed by atoms with Crippen LogP contribution >= 0.6 is 11.3 Å². The van der Waals surface area contributed by atoms with Crippen LogP contribution in [0.1, 0.15) is 35.1 Å². The highest BCUT2D eigenvalue weighted by Crippen LogP contribution is 2.29. The number of nitro benzene ring substituents is 1. The van der Waals surface area contributed by atoms with E-state index in [-0.39, 0.29) is 17.2 Å². The molecule has 0 aliphatic rings. The highest BCUT2D eigenvalue weighted by Gasteiger charge is 2.19. The molecule has 3 aromatic rings. The lowest BCUT2D eigenvalue weighted by Crippen LogP contribution is -2.12. The molecule has 3 rings (SSSR count). The van der Waals surface area contributed by atoms with Gasteiger partial charge in [-0.1, -0.05) is 43.4 Å². The van der Waals surface area contributed by atoms with E-state index in [9.17, 15) is 14.9 Å². The first kappa shape index (κ1) is 18.5. The fourth-order valence-corrected chi connectivity index (χ4v) is 3.04. The molecular weight excluding hydrogens is 366 g/mol. The number of rotatable bonds is 6. The summed E-state index contributed by atoms with van der Waals surface area (Å²) in [6.07, 6.45) is 0. The Labute approximate surface area is 159 Å². The zero-order chi connectivity index (χ0) is 19.4. The standard InChI is InChI=1S/C18H17N5O3S/c1-11(2)17-21-22-18(27-17)20-16(24)12-8-9-14(15(10-12)23(25)26)19-13-6-4-3-5-7-13/h3-11,19H,1-2H3,(H,20,22,24). The van der Waals surface area contributed by atoms with Crippen LogP contribution in [0.5, 0.6) is 0 Å². The molecule has 0 saturated carbocycles. The average Bonchev–Trinajstić information content (AvgIpc) is 3.11. The Hall–Kier alpha value is -3.33. The molecule has 138 valence electrons. The highest BCUT2D eigenvalue weighted by atomic mass is 32.1. The number of hydrogen-bond donors (Lipinski definition) is 2. The van der Waals surface area contributed by atoms with Crippen LogP contribution < -0.4 is 10.6 Å². The third-order valence-electron chi connectivity index (χ3n) is 3.66. The first-order valence-corrected chi connectivity index (χ1v) is 9.01. The third kappa shape index (κ3) is 4.45. The molecule has 0 spiro atoms. The smallest absolute Gasteiger partial charge is 0.293 e. The van der Waals surface area contributed by atoms with E-state index in [4.69, 9.17) is 0 Å². The van der Waals surface area contributed by atoms with E-state index in [1.165, 1.54) is 29.5 Å². The van der Waals surface area contributed by atoms with Crippen molar-refractivity contribution in [2.75, 3.05) is 10.6 Å². The average molecular weight is 383 g/mol. The van der Waals surface area contributed by atoms with Crippen molar-refractivity contribution in [2.24, 2.45) is 0 Å². The van der Waals surface area contributed by atoms with Gasteiger partial charge in [0.1, 0.15) is 10.7 Å². The SMILES string of the molecule is CC(C)c1nnc(NC(=O)c2ccc(Nc3ccccc3)c([N+](=O)[O-])c2)s1. The normalized spacial score (nSPS) is 10.6. The van der Waals surface area contributed by atoms with Crippen LogP contribution in [0.4, 0.5) is 22.2 Å². The zero-order valence-electron chi connectivity index (χ0n) is 14.7. The minimum atomic E-state index is -0.524. The summed E-state index contributed by atoms with van der Waals surface area (Å²) in [5, 5.41) is 26.2. The molecule has 27 heavy (non-hydrogen) atoms. The van der Waals surface area contributed by atoms with Crippen molar-refractivity contribution in [2.45, 2.75) is 19.8 Å². The van der Waals surface area contributed by atoms with Crippen LogP contribution in [-0.2, 0) is 0 Å². The Morgan fingerprint density at radius 1 is 1.15 bits per heavy atom. The second-order valence-corrected chi connectivity index (χ2v) is 7.04. The predicted molar refractivity (Wildman–Crippen MR) is 105 cm³/mol. The second kappa shape index (κ2) is 7.92. The molecule has 1 aromatic heterocycles. The molecule has 0 fully saturated rings. The first-order chi connectivity index (χ1) is 12.9. The maximum Gasteiger partial charge on any atom is 0.293 e. The van der Waals surface area contributed by atoms with Crippen LogP contribution in [0.25, 0.3) is 0 Å². The topological polar surface area (TPSA) is 110 Å². The van der Waals surface area contributed by atoms with Crippen molar-refractivity contribution in [3.05, 3.63) is 69.2 Å². The molecule has 8 nitrogen and oxygen atoms in total. The fraction of sp³-hybridized carbons (Fsp3) is 0.167. The van der Waals surface area contributed by atoms with Crippen molar-refractivity contribution in [1.29, 1.82) is 0 Å². The number of benzene rings is 2. The van der Waals surface area contributed by atoms with Gasteiger partial charge in [0.25, 0.3) is 11.6 Å². The number of nitro groups is 1. The van der Waals surface area contributed by atoms with E-state index < -0.39 is 10.8 Å². The number of hydrogen-bond acceptors (Lipinski definition) is 7. The van der Waals surface area contributed by atoms with Crippen molar-refractivity contribution in [3.63, 3.8) is 0 Å². The van der Waals surface area contributed by atoms with Gasteiger partial charge in [0.05, 0.1) is 4.92 Å². The largest absolute Gasteiger partial charge is 0.350 e. The minimum Gasteiger partial charge on any atom is -0.350 e. The molecule has 0 aliphatic heterocycles. The summed E-state index contributed by atoms with van der Waals surface area (Å²) in [6.45, 7) is 3.96. The van der Waals surface area contributed by atoms with E-state index in [0.29, 0.717) is 16.5 Å². The number of carbonyl (C=O) groups is 1. The van der Waals surface area contributed by atoms with Crippen molar-refractivity contribution >= 4 is 39.4 Å². The Kier molecular flexibility index (Phi) is 5.41. The monoisotopic (exact) mass is 383 g/mol. The number of amides is 1. The molecule has 0 bridgehead atoms. The summed E-state index contributed by atoms with van der Waals surface area (Å²) < 4.78 is 0. The number of carbonyl (C=O) groups excluding carboxylic acids is 1. The molecule has 1 heterocycles. The van der Waals surface area contributed by atoms with Crippen LogP contribution in [0.15, 0.2) is 48.5 Å². The second-order valence-electron chi connectivity index (χ2n) is 6.03. The fourth-order valence-electron chi connectivity index (χ4n) is 2.29. The van der Waals surface area contributed by atoms with Crippen molar-refractivity contribution < 1.29 is 9.72 Å². The molecule has 9 heteroatoms. The molecule has 0 saturated heterocycles. The number of anilines is 3. The molecule has 0 radical (unpaired) electrons. The van der Waals surface area contributed by atoms with E-state index in [1.54, 1.807) is 12.1 Å². The van der Waals surface area contributed by atoms with Gasteiger partial charge in [0.2, 0.25) is 5.13 Å². The van der Waals surface area contributed by atoms with Crippen LogP contribution in [0, 0.1) is 10.1 Å². The number of aromatic nitrogens is 2. The Balaban J connectivity index is 1.82. The Bertz CT molecular complexity index is 972. The lowest BCUT2D eigenvalue weighted by atomic mass is 10.1. The van der Waals surface area contributed by atoms with Gasteiger partial charge in [-0.2, -0.15) is 0 Å². The number of nitrogens with zero attached hydrogens (tertiary/aromatic N) is 3. The van der Waals surface area contributed by atoms with Gasteiger partial charge in [-0.05, 0) is 24.3 Å². The van der Waals surface area contributed by atoms with Gasteiger partial charge in [-0.15, -0.1) is 10.2 Å². The van der Waals surface area contributed by atoms with Crippen molar-refractivity contribution in [3.8, 4) is 0 Å². The van der Waals surface area contributed by atoms with Crippen LogP contribution in [0.3, 0.4) is 0 Å². The first-order valence-electron chi connectivity index (χ1n) is 8.19. The molecule has 1 amide bonds. The molecule has 2 N–H and O–H groups in total. The van der Waals surface area contributed by atoms with Gasteiger partial charge in [0, 0.05) is 23.2 Å². The minimum absolute atomic E-state index is 0.168. The molecule has 0 unspecified atom stereocenters. The summed E-state index contributed by atoms with van der Waals surface area (Å²) >= 11 is 1.28. The van der Waals surface area contributed by atoms with Gasteiger partial charge in [0.15, 0.2) is 0 Å². The maximum atomic E-state index is 12.4. The van der Waals surface area contributed by atoms with Crippen molar-refractivity contribution in [1.82, 2.24) is 10.2 Å². The highest BCUT2D eigenvalue weighted by molar-refractivity contribution is 7.15. The number of para-hydroxylation sites is 1. The molecule has 0 atom stereocenters. The zero-order valence-corrected chi connectivity index (χ0v) is 15.5. The van der Waals surface area contributed by atoms with E-state index in [2.05, 4.69) is 20.8 Å². The summed E-state index contributed by atoms with van der Waals surface area (Å²) in [5.74, 6) is -0.270. The summed E-state index contributed by atoms with van der Waals surface area (Å²) in [7, 11) is 0. The van der Waals surface area contributed by atoms with E-state index >= 15 is 0 Å².